The van der Waals surface area contributed by atoms with Crippen molar-refractivity contribution < 1.29 is 4.74 Å². The van der Waals surface area contributed by atoms with Gasteiger partial charge in [0.15, 0.2) is 0 Å². The van der Waals surface area contributed by atoms with Crippen LogP contribution in [0.3, 0.4) is 0 Å². The molecule has 0 aromatic carbocycles. The highest BCUT2D eigenvalue weighted by Gasteiger charge is 2.26. The number of rotatable bonds is 4. The fourth-order valence-electron chi connectivity index (χ4n) is 2.23. The standard InChI is InChI=1S/C12H22N4O/c1-12(2,17-3)6-11-15-14-10-5-4-9(7-13)8-16(10)11/h9H,4-8,13H2,1-3H3. The minimum Gasteiger partial charge on any atom is -0.378 e. The molecular weight excluding hydrogens is 216 g/mol. The van der Waals surface area contributed by atoms with Gasteiger partial charge < -0.3 is 15.0 Å². The Hall–Kier alpha value is -0.940. The third kappa shape index (κ3) is 2.66. The molecular formula is C12H22N4O. The first-order chi connectivity index (χ1) is 8.05. The summed E-state index contributed by atoms with van der Waals surface area (Å²) in [5.74, 6) is 2.67. The van der Waals surface area contributed by atoms with Crippen LogP contribution in [0.1, 0.15) is 31.9 Å². The second kappa shape index (κ2) is 4.74. The van der Waals surface area contributed by atoms with E-state index < -0.39 is 0 Å². The molecule has 1 aromatic heterocycles. The monoisotopic (exact) mass is 238 g/mol. The molecule has 1 aromatic rings. The van der Waals surface area contributed by atoms with E-state index in [4.69, 9.17) is 10.5 Å². The fourth-order valence-corrected chi connectivity index (χ4v) is 2.23. The zero-order valence-electron chi connectivity index (χ0n) is 10.9. The fraction of sp³-hybridized carbons (Fsp3) is 0.833. The van der Waals surface area contributed by atoms with Gasteiger partial charge in [-0.15, -0.1) is 10.2 Å². The van der Waals surface area contributed by atoms with Gasteiger partial charge in [-0.2, -0.15) is 0 Å². The van der Waals surface area contributed by atoms with Crippen LogP contribution in [0.15, 0.2) is 0 Å². The molecule has 0 saturated carbocycles. The van der Waals surface area contributed by atoms with Crippen molar-refractivity contribution in [2.75, 3.05) is 13.7 Å². The Labute approximate surface area is 102 Å². The molecule has 0 spiro atoms. The van der Waals surface area contributed by atoms with Crippen LogP contribution in [0.4, 0.5) is 0 Å². The van der Waals surface area contributed by atoms with Gasteiger partial charge in [0.1, 0.15) is 11.6 Å². The van der Waals surface area contributed by atoms with E-state index in [2.05, 4.69) is 28.6 Å². The van der Waals surface area contributed by atoms with Crippen molar-refractivity contribution in [3.63, 3.8) is 0 Å². The maximum absolute atomic E-state index is 5.75. The van der Waals surface area contributed by atoms with Crippen LogP contribution < -0.4 is 5.73 Å². The number of aromatic nitrogens is 3. The van der Waals surface area contributed by atoms with Crippen LogP contribution in [0.5, 0.6) is 0 Å². The van der Waals surface area contributed by atoms with E-state index in [0.717, 1.165) is 44.0 Å². The van der Waals surface area contributed by atoms with Gasteiger partial charge in [0.2, 0.25) is 0 Å². The number of hydrogen-bond donors (Lipinski definition) is 1. The summed E-state index contributed by atoms with van der Waals surface area (Å²) in [6, 6.07) is 0. The van der Waals surface area contributed by atoms with Crippen molar-refractivity contribution >= 4 is 0 Å². The van der Waals surface area contributed by atoms with Gasteiger partial charge in [0.05, 0.1) is 5.60 Å². The SMILES string of the molecule is COC(C)(C)Cc1nnc2n1CC(CN)CC2. The minimum atomic E-state index is -0.195. The number of ether oxygens (including phenoxy) is 1. The first-order valence-corrected chi connectivity index (χ1v) is 6.22. The van der Waals surface area contributed by atoms with Gasteiger partial charge in [-0.25, -0.2) is 0 Å². The number of nitrogens with zero attached hydrogens (tertiary/aromatic N) is 3. The zero-order valence-corrected chi connectivity index (χ0v) is 10.9. The molecule has 0 aliphatic carbocycles. The van der Waals surface area contributed by atoms with E-state index in [1.165, 1.54) is 0 Å². The van der Waals surface area contributed by atoms with Crippen LogP contribution in [0.2, 0.25) is 0 Å². The quantitative estimate of drug-likeness (QED) is 0.841. The number of methoxy groups -OCH3 is 1. The maximum atomic E-state index is 5.75. The highest BCUT2D eigenvalue weighted by atomic mass is 16.5. The minimum absolute atomic E-state index is 0.195. The largest absolute Gasteiger partial charge is 0.378 e. The van der Waals surface area contributed by atoms with Gasteiger partial charge in [-0.05, 0) is 32.7 Å². The van der Waals surface area contributed by atoms with E-state index >= 15 is 0 Å². The summed E-state index contributed by atoms with van der Waals surface area (Å²) < 4.78 is 7.67. The lowest BCUT2D eigenvalue weighted by Gasteiger charge is -2.26. The molecule has 1 unspecified atom stereocenters. The molecule has 0 amide bonds. The Balaban J connectivity index is 2.18. The Bertz CT molecular complexity index is 386. The summed E-state index contributed by atoms with van der Waals surface area (Å²) in [5, 5.41) is 8.55. The Morgan fingerprint density at radius 1 is 1.47 bits per heavy atom. The predicted octanol–water partition coefficient (Wildman–Crippen LogP) is 0.767. The Morgan fingerprint density at radius 3 is 2.88 bits per heavy atom. The first kappa shape index (κ1) is 12.5. The van der Waals surface area contributed by atoms with Crippen molar-refractivity contribution in [1.82, 2.24) is 14.8 Å². The van der Waals surface area contributed by atoms with Crippen LogP contribution in [0.25, 0.3) is 0 Å². The predicted molar refractivity (Wildman–Crippen MR) is 65.7 cm³/mol. The van der Waals surface area contributed by atoms with Crippen molar-refractivity contribution in [3.8, 4) is 0 Å². The van der Waals surface area contributed by atoms with Gasteiger partial charge in [-0.1, -0.05) is 0 Å². The highest BCUT2D eigenvalue weighted by molar-refractivity contribution is 5.02. The second-order valence-corrected chi connectivity index (χ2v) is 5.42. The van der Waals surface area contributed by atoms with E-state index in [1.54, 1.807) is 7.11 Å². The molecule has 2 N–H and O–H groups in total. The molecule has 2 heterocycles. The molecule has 2 rings (SSSR count). The van der Waals surface area contributed by atoms with Gasteiger partial charge in [0.25, 0.3) is 0 Å². The van der Waals surface area contributed by atoms with Crippen LogP contribution in [-0.4, -0.2) is 34.0 Å². The number of nitrogens with two attached hydrogens (primary N) is 1. The van der Waals surface area contributed by atoms with Crippen LogP contribution in [-0.2, 0) is 24.1 Å². The first-order valence-electron chi connectivity index (χ1n) is 6.22. The molecule has 1 atom stereocenters. The normalized spacial score (nSPS) is 20.4. The van der Waals surface area contributed by atoms with E-state index in [9.17, 15) is 0 Å². The second-order valence-electron chi connectivity index (χ2n) is 5.42. The smallest absolute Gasteiger partial charge is 0.135 e. The summed E-state index contributed by atoms with van der Waals surface area (Å²) >= 11 is 0. The summed E-state index contributed by atoms with van der Waals surface area (Å²) in [5.41, 5.74) is 5.56. The molecule has 1 aliphatic heterocycles. The molecule has 17 heavy (non-hydrogen) atoms. The molecule has 0 saturated heterocycles. The van der Waals surface area contributed by atoms with Crippen LogP contribution in [0, 0.1) is 5.92 Å². The lowest BCUT2D eigenvalue weighted by molar-refractivity contribution is 0.0206. The average Bonchev–Trinajstić information content (AvgIpc) is 2.71. The lowest BCUT2D eigenvalue weighted by Crippen LogP contribution is -2.31. The zero-order chi connectivity index (χ0) is 12.5. The number of fused-ring (bicyclic) bond motifs is 1. The molecule has 5 heteroatoms. The summed E-state index contributed by atoms with van der Waals surface area (Å²) in [6.07, 6.45) is 2.90. The molecule has 96 valence electrons. The van der Waals surface area contributed by atoms with Gasteiger partial charge in [0, 0.05) is 26.5 Å². The summed E-state index contributed by atoms with van der Waals surface area (Å²) in [7, 11) is 1.73. The summed E-state index contributed by atoms with van der Waals surface area (Å²) in [6.45, 7) is 5.83. The van der Waals surface area contributed by atoms with Gasteiger partial charge in [-0.3, -0.25) is 0 Å². The molecule has 0 radical (unpaired) electrons. The average molecular weight is 238 g/mol. The molecule has 1 aliphatic rings. The molecule has 5 nitrogen and oxygen atoms in total. The van der Waals surface area contributed by atoms with E-state index in [-0.39, 0.29) is 5.60 Å². The number of aryl methyl sites for hydroxylation is 1. The van der Waals surface area contributed by atoms with E-state index in [1.807, 2.05) is 0 Å². The topological polar surface area (TPSA) is 66.0 Å². The third-order valence-corrected chi connectivity index (χ3v) is 3.59. The molecule has 0 bridgehead atoms. The van der Waals surface area contributed by atoms with Gasteiger partial charge >= 0.3 is 0 Å². The van der Waals surface area contributed by atoms with Crippen molar-refractivity contribution in [1.29, 1.82) is 0 Å². The van der Waals surface area contributed by atoms with Crippen molar-refractivity contribution in [3.05, 3.63) is 11.6 Å². The highest BCUT2D eigenvalue weighted by Crippen LogP contribution is 2.22. The van der Waals surface area contributed by atoms with Crippen LogP contribution >= 0.6 is 0 Å². The number of hydrogen-bond acceptors (Lipinski definition) is 4. The Morgan fingerprint density at radius 2 is 2.24 bits per heavy atom. The Kier molecular flexibility index (Phi) is 3.49. The maximum Gasteiger partial charge on any atom is 0.135 e. The molecule has 0 fully saturated rings. The van der Waals surface area contributed by atoms with E-state index in [0.29, 0.717) is 5.92 Å². The van der Waals surface area contributed by atoms with Crippen molar-refractivity contribution in [2.24, 2.45) is 11.7 Å². The third-order valence-electron chi connectivity index (χ3n) is 3.59. The summed E-state index contributed by atoms with van der Waals surface area (Å²) in [4.78, 5) is 0. The van der Waals surface area contributed by atoms with Crippen molar-refractivity contribution in [2.45, 2.75) is 45.3 Å². The lowest BCUT2D eigenvalue weighted by atomic mass is 9.98.